The number of ether oxygens (including phenoxy) is 2. The second-order valence-corrected chi connectivity index (χ2v) is 6.27. The Balaban J connectivity index is 1.68. The van der Waals surface area contributed by atoms with Gasteiger partial charge in [-0.05, 0) is 42.5 Å². The van der Waals surface area contributed by atoms with Crippen molar-refractivity contribution in [2.24, 2.45) is 0 Å². The molecule has 4 heteroatoms. The van der Waals surface area contributed by atoms with Gasteiger partial charge in [-0.25, -0.2) is 0 Å². The zero-order valence-corrected chi connectivity index (χ0v) is 14.7. The zero-order valence-electron chi connectivity index (χ0n) is 14.7. The minimum absolute atomic E-state index is 0.0775. The second kappa shape index (κ2) is 8.67. The van der Waals surface area contributed by atoms with Crippen molar-refractivity contribution in [2.75, 3.05) is 13.2 Å². The number of hydrogen-bond acceptors (Lipinski definition) is 3. The van der Waals surface area contributed by atoms with Crippen LogP contribution in [0.2, 0.25) is 0 Å². The summed E-state index contributed by atoms with van der Waals surface area (Å²) in [6.45, 7) is 4.01. The molecule has 4 nitrogen and oxygen atoms in total. The van der Waals surface area contributed by atoms with Crippen LogP contribution in [0.3, 0.4) is 0 Å². The molecule has 0 bridgehead atoms. The van der Waals surface area contributed by atoms with E-state index in [1.165, 1.54) is 5.56 Å². The Hall–Kier alpha value is -2.33. The molecule has 0 aliphatic carbocycles. The quantitative estimate of drug-likeness (QED) is 0.872. The smallest absolute Gasteiger partial charge is 0.255 e. The molecule has 0 radical (unpaired) electrons. The summed E-state index contributed by atoms with van der Waals surface area (Å²) in [5.74, 6) is 0.546. The Morgan fingerprint density at radius 3 is 2.52 bits per heavy atom. The van der Waals surface area contributed by atoms with Crippen LogP contribution in [0.4, 0.5) is 0 Å². The molecular weight excluding hydrogens is 314 g/mol. The van der Waals surface area contributed by atoms with E-state index >= 15 is 0 Å². The van der Waals surface area contributed by atoms with Crippen LogP contribution in [0.25, 0.3) is 0 Å². The third-order valence-corrected chi connectivity index (χ3v) is 4.57. The van der Waals surface area contributed by atoms with Crippen molar-refractivity contribution in [2.45, 2.75) is 38.8 Å². The molecule has 1 heterocycles. The highest BCUT2D eigenvalue weighted by Gasteiger charge is 2.19. The largest absolute Gasteiger partial charge is 0.488 e. The lowest BCUT2D eigenvalue weighted by atomic mass is 10.1. The molecule has 0 unspecified atom stereocenters. The van der Waals surface area contributed by atoms with E-state index in [4.69, 9.17) is 9.47 Å². The maximum atomic E-state index is 12.6. The molecule has 1 amide bonds. The number of amides is 1. The summed E-state index contributed by atoms with van der Waals surface area (Å²) < 4.78 is 11.3. The molecule has 132 valence electrons. The van der Waals surface area contributed by atoms with Gasteiger partial charge in [0.2, 0.25) is 0 Å². The molecule has 3 rings (SSSR count). The minimum Gasteiger partial charge on any atom is -0.488 e. The van der Waals surface area contributed by atoms with Crippen LogP contribution < -0.4 is 10.1 Å². The fraction of sp³-hybridized carbons (Fsp3) is 0.381. The molecule has 2 aromatic rings. The van der Waals surface area contributed by atoms with Crippen LogP contribution in [0.15, 0.2) is 48.5 Å². The maximum Gasteiger partial charge on any atom is 0.255 e. The number of nitrogens with one attached hydrogen (secondary N) is 1. The topological polar surface area (TPSA) is 47.6 Å². The number of hydrogen-bond donors (Lipinski definition) is 1. The number of rotatable bonds is 6. The summed E-state index contributed by atoms with van der Waals surface area (Å²) in [6.07, 6.45) is 2.68. The van der Waals surface area contributed by atoms with Crippen LogP contribution in [0, 0.1) is 0 Å². The van der Waals surface area contributed by atoms with Gasteiger partial charge in [0.05, 0.1) is 5.56 Å². The molecule has 25 heavy (non-hydrogen) atoms. The highest BCUT2D eigenvalue weighted by molar-refractivity contribution is 5.97. The highest BCUT2D eigenvalue weighted by Crippen LogP contribution is 2.21. The van der Waals surface area contributed by atoms with Crippen molar-refractivity contribution >= 4 is 5.91 Å². The molecule has 0 aromatic heterocycles. The van der Waals surface area contributed by atoms with Crippen LogP contribution in [-0.2, 0) is 17.8 Å². The first-order valence-electron chi connectivity index (χ1n) is 8.95. The summed E-state index contributed by atoms with van der Waals surface area (Å²) in [7, 11) is 0. The van der Waals surface area contributed by atoms with E-state index in [1.807, 2.05) is 36.4 Å². The molecular formula is C21H25NO3. The second-order valence-electron chi connectivity index (χ2n) is 6.27. The van der Waals surface area contributed by atoms with Crippen LogP contribution in [-0.4, -0.2) is 25.2 Å². The van der Waals surface area contributed by atoms with Gasteiger partial charge >= 0.3 is 0 Å². The van der Waals surface area contributed by atoms with Crippen molar-refractivity contribution in [3.05, 3.63) is 65.2 Å². The van der Waals surface area contributed by atoms with Crippen molar-refractivity contribution in [1.29, 1.82) is 0 Å². The van der Waals surface area contributed by atoms with E-state index in [2.05, 4.69) is 24.4 Å². The fourth-order valence-electron chi connectivity index (χ4n) is 3.08. The van der Waals surface area contributed by atoms with E-state index in [0.29, 0.717) is 31.1 Å². The Bertz CT molecular complexity index is 708. The molecule has 0 spiro atoms. The summed E-state index contributed by atoms with van der Waals surface area (Å²) in [5, 5.41) is 3.10. The number of para-hydroxylation sites is 1. The highest BCUT2D eigenvalue weighted by atomic mass is 16.5. The Morgan fingerprint density at radius 2 is 1.76 bits per heavy atom. The van der Waals surface area contributed by atoms with Gasteiger partial charge in [-0.3, -0.25) is 4.79 Å². The van der Waals surface area contributed by atoms with E-state index in [0.717, 1.165) is 24.8 Å². The van der Waals surface area contributed by atoms with Crippen molar-refractivity contribution in [1.82, 2.24) is 5.32 Å². The number of carbonyl (C=O) groups excluding carboxylic acids is 1. The Kier molecular flexibility index (Phi) is 6.07. The van der Waals surface area contributed by atoms with Crippen LogP contribution >= 0.6 is 0 Å². The van der Waals surface area contributed by atoms with Gasteiger partial charge in [0, 0.05) is 19.3 Å². The van der Waals surface area contributed by atoms with E-state index in [1.54, 1.807) is 0 Å². The van der Waals surface area contributed by atoms with Crippen molar-refractivity contribution in [3.63, 3.8) is 0 Å². The molecule has 2 aromatic carbocycles. The minimum atomic E-state index is -0.0775. The third-order valence-electron chi connectivity index (χ3n) is 4.57. The van der Waals surface area contributed by atoms with Crippen LogP contribution in [0.1, 0.15) is 41.3 Å². The first-order valence-corrected chi connectivity index (χ1v) is 8.95. The monoisotopic (exact) mass is 339 g/mol. The SMILES string of the molecule is CCc1ccccc1COc1ccccc1C(=O)NC1CCOCC1. The van der Waals surface area contributed by atoms with Gasteiger partial charge in [-0.2, -0.15) is 0 Å². The summed E-state index contributed by atoms with van der Waals surface area (Å²) >= 11 is 0. The summed E-state index contributed by atoms with van der Waals surface area (Å²) in [4.78, 5) is 12.6. The normalized spacial score (nSPS) is 14.9. The van der Waals surface area contributed by atoms with Gasteiger partial charge in [0.1, 0.15) is 12.4 Å². The van der Waals surface area contributed by atoms with E-state index < -0.39 is 0 Å². The predicted octanol–water partition coefficient (Wildman–Crippen LogP) is 3.74. The molecule has 1 aliphatic rings. The maximum absolute atomic E-state index is 12.6. The molecule has 0 saturated carbocycles. The molecule has 1 fully saturated rings. The van der Waals surface area contributed by atoms with E-state index in [-0.39, 0.29) is 11.9 Å². The zero-order chi connectivity index (χ0) is 17.5. The van der Waals surface area contributed by atoms with Crippen molar-refractivity contribution < 1.29 is 14.3 Å². The standard InChI is InChI=1S/C21H25NO3/c1-2-16-7-3-4-8-17(16)15-25-20-10-6-5-9-19(20)21(23)22-18-11-13-24-14-12-18/h3-10,18H,2,11-15H2,1H3,(H,22,23). The fourth-order valence-corrected chi connectivity index (χ4v) is 3.08. The lowest BCUT2D eigenvalue weighted by Crippen LogP contribution is -2.39. The third kappa shape index (κ3) is 4.60. The van der Waals surface area contributed by atoms with Gasteiger partial charge in [0.15, 0.2) is 0 Å². The first kappa shape index (κ1) is 17.5. The van der Waals surface area contributed by atoms with Gasteiger partial charge in [0.25, 0.3) is 5.91 Å². The van der Waals surface area contributed by atoms with Gasteiger partial charge in [-0.15, -0.1) is 0 Å². The number of aryl methyl sites for hydroxylation is 1. The summed E-state index contributed by atoms with van der Waals surface area (Å²) in [6, 6.07) is 15.8. The van der Waals surface area contributed by atoms with Gasteiger partial charge < -0.3 is 14.8 Å². The van der Waals surface area contributed by atoms with Crippen molar-refractivity contribution in [3.8, 4) is 5.75 Å². The molecule has 1 saturated heterocycles. The number of carbonyl (C=O) groups is 1. The Morgan fingerprint density at radius 1 is 1.08 bits per heavy atom. The molecule has 0 atom stereocenters. The van der Waals surface area contributed by atoms with Crippen LogP contribution in [0.5, 0.6) is 5.75 Å². The first-order chi connectivity index (χ1) is 12.3. The van der Waals surface area contributed by atoms with E-state index in [9.17, 15) is 4.79 Å². The number of benzene rings is 2. The predicted molar refractivity (Wildman–Crippen MR) is 97.9 cm³/mol. The lowest BCUT2D eigenvalue weighted by Gasteiger charge is -2.23. The average molecular weight is 339 g/mol. The molecule has 1 aliphatic heterocycles. The lowest BCUT2D eigenvalue weighted by molar-refractivity contribution is 0.0694. The Labute approximate surface area is 149 Å². The molecule has 1 N–H and O–H groups in total. The summed E-state index contributed by atoms with van der Waals surface area (Å²) in [5.41, 5.74) is 3.01. The van der Waals surface area contributed by atoms with Gasteiger partial charge in [-0.1, -0.05) is 43.3 Å². The average Bonchev–Trinajstić information content (AvgIpc) is 2.67.